The summed E-state index contributed by atoms with van der Waals surface area (Å²) in [6.45, 7) is 6.17. The topological polar surface area (TPSA) is 58.4 Å². The van der Waals surface area contributed by atoms with Gasteiger partial charge in [0.05, 0.1) is 4.92 Å². The van der Waals surface area contributed by atoms with Crippen LogP contribution in [0.3, 0.4) is 0 Å². The van der Waals surface area contributed by atoms with E-state index in [1.54, 1.807) is 13.0 Å². The Bertz CT molecular complexity index is 542. The Morgan fingerprint density at radius 1 is 1.38 bits per heavy atom. The van der Waals surface area contributed by atoms with E-state index in [1.165, 1.54) is 25.8 Å². The number of likely N-dealkylation sites (tertiary alicyclic amines) is 1. The van der Waals surface area contributed by atoms with Crippen LogP contribution in [-0.4, -0.2) is 35.0 Å². The highest BCUT2D eigenvalue weighted by molar-refractivity contribution is 5.43. The highest BCUT2D eigenvalue weighted by Crippen LogP contribution is 2.30. The van der Waals surface area contributed by atoms with Gasteiger partial charge in [0.2, 0.25) is 0 Å². The average Bonchev–Trinajstić information content (AvgIpc) is 3.19. The third-order valence-corrected chi connectivity index (χ3v) is 4.70. The first kappa shape index (κ1) is 14.5. The Kier molecular flexibility index (Phi) is 3.95. The van der Waals surface area contributed by atoms with Crippen molar-refractivity contribution in [2.24, 2.45) is 0 Å². The summed E-state index contributed by atoms with van der Waals surface area (Å²) in [5, 5.41) is 14.7. The molecule has 1 N–H and O–H groups in total. The lowest BCUT2D eigenvalue weighted by Crippen LogP contribution is -2.35. The van der Waals surface area contributed by atoms with E-state index < -0.39 is 0 Å². The first-order chi connectivity index (χ1) is 10.0. The number of nitro groups is 1. The molecule has 0 bridgehead atoms. The fraction of sp³-hybridized carbons (Fsp3) is 0.625. The largest absolute Gasteiger partial charge is 0.306 e. The lowest BCUT2D eigenvalue weighted by molar-refractivity contribution is -0.385. The zero-order valence-corrected chi connectivity index (χ0v) is 12.7. The van der Waals surface area contributed by atoms with Crippen LogP contribution >= 0.6 is 0 Å². The molecule has 1 aliphatic heterocycles. The smallest absolute Gasteiger partial charge is 0.272 e. The minimum atomic E-state index is -0.296. The van der Waals surface area contributed by atoms with Gasteiger partial charge in [-0.1, -0.05) is 12.1 Å². The summed E-state index contributed by atoms with van der Waals surface area (Å²) < 4.78 is 0. The maximum Gasteiger partial charge on any atom is 0.272 e. The fourth-order valence-corrected chi connectivity index (χ4v) is 3.24. The van der Waals surface area contributed by atoms with Crippen LogP contribution in [0.1, 0.15) is 43.4 Å². The predicted molar refractivity (Wildman–Crippen MR) is 82.4 cm³/mol. The standard InChI is InChI=1S/C16H23N3O2/c1-11-3-4-13(9-16(11)19(20)21)12(2)17-14-7-8-18(10-14)15-5-6-15/h3-4,9,12,14-15,17H,5-8,10H2,1-2H3. The molecule has 2 aliphatic rings. The second-order valence-electron chi connectivity index (χ2n) is 6.40. The van der Waals surface area contributed by atoms with Crippen LogP contribution in [0, 0.1) is 17.0 Å². The van der Waals surface area contributed by atoms with Crippen molar-refractivity contribution >= 4 is 5.69 Å². The molecule has 2 fully saturated rings. The molecule has 0 radical (unpaired) electrons. The normalized spacial score (nSPS) is 24.2. The second-order valence-corrected chi connectivity index (χ2v) is 6.40. The van der Waals surface area contributed by atoms with Crippen LogP contribution in [0.25, 0.3) is 0 Å². The van der Waals surface area contributed by atoms with Gasteiger partial charge >= 0.3 is 0 Å². The summed E-state index contributed by atoms with van der Waals surface area (Å²) in [7, 11) is 0. The van der Waals surface area contributed by atoms with Gasteiger partial charge in [-0.25, -0.2) is 0 Å². The van der Waals surface area contributed by atoms with E-state index in [0.717, 1.165) is 23.7 Å². The second kappa shape index (κ2) is 5.73. The van der Waals surface area contributed by atoms with E-state index in [1.807, 2.05) is 12.1 Å². The zero-order chi connectivity index (χ0) is 15.0. The average molecular weight is 289 g/mol. The van der Waals surface area contributed by atoms with Crippen molar-refractivity contribution in [2.75, 3.05) is 13.1 Å². The van der Waals surface area contributed by atoms with Crippen LogP contribution in [0.2, 0.25) is 0 Å². The number of benzene rings is 1. The van der Waals surface area contributed by atoms with E-state index in [9.17, 15) is 10.1 Å². The Hall–Kier alpha value is -1.46. The molecule has 1 heterocycles. The molecule has 21 heavy (non-hydrogen) atoms. The highest BCUT2D eigenvalue weighted by atomic mass is 16.6. The van der Waals surface area contributed by atoms with Crippen molar-refractivity contribution in [1.82, 2.24) is 10.2 Å². The lowest BCUT2D eigenvalue weighted by Gasteiger charge is -2.21. The third kappa shape index (κ3) is 3.24. The van der Waals surface area contributed by atoms with Gasteiger partial charge in [-0.15, -0.1) is 0 Å². The minimum Gasteiger partial charge on any atom is -0.306 e. The monoisotopic (exact) mass is 289 g/mol. The molecule has 2 atom stereocenters. The van der Waals surface area contributed by atoms with Crippen molar-refractivity contribution in [3.8, 4) is 0 Å². The lowest BCUT2D eigenvalue weighted by atomic mass is 10.0. The highest BCUT2D eigenvalue weighted by Gasteiger charge is 2.34. The van der Waals surface area contributed by atoms with Gasteiger partial charge < -0.3 is 5.32 Å². The molecule has 5 heteroatoms. The van der Waals surface area contributed by atoms with Crippen molar-refractivity contribution in [2.45, 2.75) is 51.2 Å². The van der Waals surface area contributed by atoms with Crippen LogP contribution in [-0.2, 0) is 0 Å². The molecule has 1 aliphatic carbocycles. The third-order valence-electron chi connectivity index (χ3n) is 4.70. The first-order valence-electron chi connectivity index (χ1n) is 7.79. The maximum atomic E-state index is 11.0. The van der Waals surface area contributed by atoms with Crippen LogP contribution < -0.4 is 5.32 Å². The quantitative estimate of drug-likeness (QED) is 0.669. The van der Waals surface area contributed by atoms with Crippen molar-refractivity contribution < 1.29 is 4.92 Å². The molecule has 1 aromatic rings. The first-order valence-corrected chi connectivity index (χ1v) is 7.79. The van der Waals surface area contributed by atoms with E-state index in [0.29, 0.717) is 6.04 Å². The number of nitrogens with zero attached hydrogens (tertiary/aromatic N) is 2. The number of nitrogens with one attached hydrogen (secondary N) is 1. The van der Waals surface area contributed by atoms with Gasteiger partial charge in [-0.3, -0.25) is 15.0 Å². The molecular formula is C16H23N3O2. The number of hydrogen-bond acceptors (Lipinski definition) is 4. The molecule has 0 amide bonds. The van der Waals surface area contributed by atoms with Crippen molar-refractivity contribution in [3.05, 3.63) is 39.4 Å². The number of nitro benzene ring substituents is 1. The number of hydrogen-bond donors (Lipinski definition) is 1. The van der Waals surface area contributed by atoms with Gasteiger partial charge in [0.25, 0.3) is 5.69 Å². The van der Waals surface area contributed by atoms with Gasteiger partial charge in [0.15, 0.2) is 0 Å². The molecule has 5 nitrogen and oxygen atoms in total. The van der Waals surface area contributed by atoms with Crippen molar-refractivity contribution in [3.63, 3.8) is 0 Å². The minimum absolute atomic E-state index is 0.147. The van der Waals surface area contributed by atoms with Crippen LogP contribution in [0.4, 0.5) is 5.69 Å². The molecule has 0 aromatic heterocycles. The summed E-state index contributed by atoms with van der Waals surface area (Å²) >= 11 is 0. The molecular weight excluding hydrogens is 266 g/mol. The summed E-state index contributed by atoms with van der Waals surface area (Å²) in [6.07, 6.45) is 3.88. The summed E-state index contributed by atoms with van der Waals surface area (Å²) in [5.74, 6) is 0. The van der Waals surface area contributed by atoms with E-state index >= 15 is 0 Å². The Labute approximate surface area is 125 Å². The number of aryl methyl sites for hydroxylation is 1. The van der Waals surface area contributed by atoms with Gasteiger partial charge in [-0.2, -0.15) is 0 Å². The zero-order valence-electron chi connectivity index (χ0n) is 12.7. The summed E-state index contributed by atoms with van der Waals surface area (Å²) in [4.78, 5) is 13.3. The number of rotatable bonds is 5. The SMILES string of the molecule is Cc1ccc(C(C)NC2CCN(C3CC3)C2)cc1[N+](=O)[O-]. The van der Waals surface area contributed by atoms with E-state index in [4.69, 9.17) is 0 Å². The van der Waals surface area contributed by atoms with Crippen LogP contribution in [0.5, 0.6) is 0 Å². The van der Waals surface area contributed by atoms with Crippen LogP contribution in [0.15, 0.2) is 18.2 Å². The summed E-state index contributed by atoms with van der Waals surface area (Å²) in [6, 6.07) is 7.02. The van der Waals surface area contributed by atoms with Gasteiger partial charge in [0.1, 0.15) is 0 Å². The molecule has 114 valence electrons. The maximum absolute atomic E-state index is 11.0. The van der Waals surface area contributed by atoms with E-state index in [2.05, 4.69) is 17.1 Å². The van der Waals surface area contributed by atoms with E-state index in [-0.39, 0.29) is 16.7 Å². The molecule has 2 unspecified atom stereocenters. The predicted octanol–water partition coefficient (Wildman–Crippen LogP) is 2.79. The fourth-order valence-electron chi connectivity index (χ4n) is 3.24. The Morgan fingerprint density at radius 2 is 2.14 bits per heavy atom. The molecule has 1 saturated heterocycles. The van der Waals surface area contributed by atoms with Gasteiger partial charge in [-0.05, 0) is 38.7 Å². The molecule has 1 aromatic carbocycles. The van der Waals surface area contributed by atoms with Gasteiger partial charge in [0, 0.05) is 42.8 Å². The Morgan fingerprint density at radius 3 is 2.81 bits per heavy atom. The Balaban J connectivity index is 1.63. The van der Waals surface area contributed by atoms with Crippen molar-refractivity contribution in [1.29, 1.82) is 0 Å². The summed E-state index contributed by atoms with van der Waals surface area (Å²) in [5.41, 5.74) is 1.93. The molecule has 1 saturated carbocycles. The molecule has 0 spiro atoms. The molecule has 3 rings (SSSR count).